The topological polar surface area (TPSA) is 77.2 Å². The number of nitrogens with zero attached hydrogens (tertiary/aromatic N) is 2. The van der Waals surface area contributed by atoms with Gasteiger partial charge in [-0.1, -0.05) is 18.2 Å². The third-order valence-electron chi connectivity index (χ3n) is 2.60. The Hall–Kier alpha value is -2.21. The van der Waals surface area contributed by atoms with Crippen LogP contribution in [0.25, 0.3) is 11.5 Å². The summed E-state index contributed by atoms with van der Waals surface area (Å²) in [5.41, 5.74) is 0.787. The minimum absolute atomic E-state index is 0.0275. The lowest BCUT2D eigenvalue weighted by Gasteiger charge is -2.02. The molecule has 6 nitrogen and oxygen atoms in total. The molecule has 0 atom stereocenters. The molecule has 1 N–H and O–H groups in total. The van der Waals surface area contributed by atoms with E-state index < -0.39 is 0 Å². The molecule has 2 aromatic rings. The van der Waals surface area contributed by atoms with Gasteiger partial charge in [0.15, 0.2) is 0 Å². The van der Waals surface area contributed by atoms with Gasteiger partial charge in [-0.25, -0.2) is 0 Å². The smallest absolute Gasteiger partial charge is 0.308 e. The van der Waals surface area contributed by atoms with Crippen molar-refractivity contribution in [1.82, 2.24) is 15.5 Å². The van der Waals surface area contributed by atoms with Crippen molar-refractivity contribution < 1.29 is 13.9 Å². The average molecular weight is 275 g/mol. The summed E-state index contributed by atoms with van der Waals surface area (Å²) in [7, 11) is 0. The van der Waals surface area contributed by atoms with E-state index in [1.165, 1.54) is 0 Å². The van der Waals surface area contributed by atoms with Gasteiger partial charge in [-0.15, -0.1) is 10.2 Å². The number of benzene rings is 1. The maximum absolute atomic E-state index is 11.8. The number of nitrogens with one attached hydrogen (secondary N) is 1. The summed E-state index contributed by atoms with van der Waals surface area (Å²) in [5.74, 6) is -0.0542. The first-order chi connectivity index (χ1) is 9.81. The summed E-state index contributed by atoms with van der Waals surface area (Å²) < 4.78 is 10.5. The molecule has 0 unspecified atom stereocenters. The van der Waals surface area contributed by atoms with E-state index >= 15 is 0 Å². The first-order valence-electron chi connectivity index (χ1n) is 6.56. The van der Waals surface area contributed by atoms with E-state index in [2.05, 4.69) is 15.5 Å². The highest BCUT2D eigenvalue weighted by Gasteiger charge is 2.14. The summed E-state index contributed by atoms with van der Waals surface area (Å²) >= 11 is 0. The van der Waals surface area contributed by atoms with Gasteiger partial charge in [0, 0.05) is 25.3 Å². The van der Waals surface area contributed by atoms with Crippen LogP contribution in [-0.4, -0.2) is 35.9 Å². The molecule has 1 heterocycles. The standard InChI is InChI=1S/C14H17N3O3/c1-2-19-10-6-9-15-12(18)14-17-16-13(20-14)11-7-4-3-5-8-11/h3-5,7-8H,2,6,9-10H2,1H3,(H,15,18). The second kappa shape index (κ2) is 7.40. The number of rotatable bonds is 7. The van der Waals surface area contributed by atoms with Gasteiger partial charge in [0.25, 0.3) is 0 Å². The van der Waals surface area contributed by atoms with Gasteiger partial charge in [-0.3, -0.25) is 4.79 Å². The quantitative estimate of drug-likeness (QED) is 0.781. The Balaban J connectivity index is 1.87. The fourth-order valence-electron chi connectivity index (χ4n) is 1.61. The van der Waals surface area contributed by atoms with Crippen LogP contribution >= 0.6 is 0 Å². The van der Waals surface area contributed by atoms with Crippen molar-refractivity contribution >= 4 is 5.91 Å². The second-order valence-electron chi connectivity index (χ2n) is 4.08. The van der Waals surface area contributed by atoms with Crippen molar-refractivity contribution in [1.29, 1.82) is 0 Å². The molecule has 0 saturated heterocycles. The van der Waals surface area contributed by atoms with Gasteiger partial charge in [0.2, 0.25) is 5.89 Å². The van der Waals surface area contributed by atoms with Crippen LogP contribution in [0.1, 0.15) is 24.0 Å². The molecule has 0 aliphatic carbocycles. The molecule has 20 heavy (non-hydrogen) atoms. The second-order valence-corrected chi connectivity index (χ2v) is 4.08. The Bertz CT molecular complexity index is 540. The third-order valence-corrected chi connectivity index (χ3v) is 2.60. The molecule has 1 aromatic carbocycles. The first-order valence-corrected chi connectivity index (χ1v) is 6.56. The molecule has 0 saturated carbocycles. The average Bonchev–Trinajstić information content (AvgIpc) is 2.98. The lowest BCUT2D eigenvalue weighted by Crippen LogP contribution is -2.25. The van der Waals surface area contributed by atoms with E-state index in [4.69, 9.17) is 9.15 Å². The minimum Gasteiger partial charge on any atom is -0.412 e. The zero-order valence-electron chi connectivity index (χ0n) is 11.3. The van der Waals surface area contributed by atoms with E-state index in [1.54, 1.807) is 0 Å². The van der Waals surface area contributed by atoms with Crippen LogP contribution in [0.15, 0.2) is 34.7 Å². The maximum atomic E-state index is 11.8. The van der Waals surface area contributed by atoms with Crippen LogP contribution in [0.2, 0.25) is 0 Å². The highest BCUT2D eigenvalue weighted by molar-refractivity contribution is 5.89. The van der Waals surface area contributed by atoms with Gasteiger partial charge in [0.05, 0.1) is 0 Å². The molecule has 1 aromatic heterocycles. The summed E-state index contributed by atoms with van der Waals surface area (Å²) in [4.78, 5) is 11.8. The number of aromatic nitrogens is 2. The predicted molar refractivity (Wildman–Crippen MR) is 73.2 cm³/mol. The molecule has 106 valence electrons. The molecule has 0 bridgehead atoms. The SMILES string of the molecule is CCOCCCNC(=O)c1nnc(-c2ccccc2)o1. The van der Waals surface area contributed by atoms with E-state index in [9.17, 15) is 4.79 Å². The van der Waals surface area contributed by atoms with Crippen molar-refractivity contribution in [2.24, 2.45) is 0 Å². The molecule has 0 radical (unpaired) electrons. The Morgan fingerprint density at radius 3 is 2.85 bits per heavy atom. The van der Waals surface area contributed by atoms with Gasteiger partial charge in [-0.05, 0) is 25.5 Å². The van der Waals surface area contributed by atoms with Crippen LogP contribution in [0, 0.1) is 0 Å². The molecular formula is C14H17N3O3. The molecule has 0 aliphatic heterocycles. The Kier molecular flexibility index (Phi) is 5.25. The van der Waals surface area contributed by atoms with Gasteiger partial charge in [0.1, 0.15) is 0 Å². The van der Waals surface area contributed by atoms with Crippen molar-refractivity contribution in [3.05, 3.63) is 36.2 Å². The van der Waals surface area contributed by atoms with Crippen LogP contribution in [0.3, 0.4) is 0 Å². The summed E-state index contributed by atoms with van der Waals surface area (Å²) in [6.07, 6.45) is 0.749. The van der Waals surface area contributed by atoms with E-state index in [0.717, 1.165) is 12.0 Å². The molecule has 0 fully saturated rings. The lowest BCUT2D eigenvalue weighted by atomic mass is 10.2. The highest BCUT2D eigenvalue weighted by atomic mass is 16.5. The Labute approximate surface area is 117 Å². The zero-order chi connectivity index (χ0) is 14.2. The fourth-order valence-corrected chi connectivity index (χ4v) is 1.61. The van der Waals surface area contributed by atoms with E-state index in [-0.39, 0.29) is 11.8 Å². The summed E-state index contributed by atoms with van der Waals surface area (Å²) in [6.45, 7) is 3.75. The van der Waals surface area contributed by atoms with Crippen LogP contribution in [0.5, 0.6) is 0 Å². The largest absolute Gasteiger partial charge is 0.412 e. The number of hydrogen-bond acceptors (Lipinski definition) is 5. The minimum atomic E-state index is -0.365. The van der Waals surface area contributed by atoms with Gasteiger partial charge < -0.3 is 14.5 Å². The van der Waals surface area contributed by atoms with Crippen LogP contribution in [0.4, 0.5) is 0 Å². The summed E-state index contributed by atoms with van der Waals surface area (Å²) in [6, 6.07) is 9.32. The Morgan fingerprint density at radius 2 is 2.10 bits per heavy atom. The molecular weight excluding hydrogens is 258 g/mol. The Morgan fingerprint density at radius 1 is 1.30 bits per heavy atom. The van der Waals surface area contributed by atoms with E-state index in [0.29, 0.717) is 25.6 Å². The van der Waals surface area contributed by atoms with Crippen molar-refractivity contribution in [2.45, 2.75) is 13.3 Å². The van der Waals surface area contributed by atoms with Crippen molar-refractivity contribution in [2.75, 3.05) is 19.8 Å². The highest BCUT2D eigenvalue weighted by Crippen LogP contribution is 2.16. The van der Waals surface area contributed by atoms with Gasteiger partial charge >= 0.3 is 11.8 Å². The first kappa shape index (κ1) is 14.2. The molecule has 0 aliphatic rings. The number of ether oxygens (including phenoxy) is 1. The van der Waals surface area contributed by atoms with Gasteiger partial charge in [-0.2, -0.15) is 0 Å². The molecule has 6 heteroatoms. The van der Waals surface area contributed by atoms with Crippen LogP contribution in [-0.2, 0) is 4.74 Å². The van der Waals surface area contributed by atoms with E-state index in [1.807, 2.05) is 37.3 Å². The fraction of sp³-hybridized carbons (Fsp3) is 0.357. The maximum Gasteiger partial charge on any atom is 0.308 e. The van der Waals surface area contributed by atoms with Crippen molar-refractivity contribution in [3.8, 4) is 11.5 Å². The predicted octanol–water partition coefficient (Wildman–Crippen LogP) is 1.89. The number of carbonyl (C=O) groups excluding carboxylic acids is 1. The zero-order valence-corrected chi connectivity index (χ0v) is 11.3. The number of amides is 1. The molecule has 2 rings (SSSR count). The lowest BCUT2D eigenvalue weighted by molar-refractivity contribution is 0.0910. The molecule has 1 amide bonds. The van der Waals surface area contributed by atoms with Crippen LogP contribution < -0.4 is 5.32 Å². The third kappa shape index (κ3) is 3.89. The number of carbonyl (C=O) groups is 1. The normalized spacial score (nSPS) is 10.4. The summed E-state index contributed by atoms with van der Waals surface area (Å²) in [5, 5.41) is 10.3. The number of hydrogen-bond donors (Lipinski definition) is 1. The monoisotopic (exact) mass is 275 g/mol. The molecule has 0 spiro atoms. The van der Waals surface area contributed by atoms with Crippen molar-refractivity contribution in [3.63, 3.8) is 0 Å².